The number of nitrogens with zero attached hydrogens (tertiary/aromatic N) is 3. The fourth-order valence-corrected chi connectivity index (χ4v) is 1.53. The molecule has 2 aromatic rings. The zero-order valence-corrected chi connectivity index (χ0v) is 9.15. The Morgan fingerprint density at radius 1 is 1.20 bits per heavy atom. The summed E-state index contributed by atoms with van der Waals surface area (Å²) in [7, 11) is 0. The molecule has 0 aliphatic heterocycles. The predicted molar refractivity (Wildman–Crippen MR) is 60.0 cm³/mol. The van der Waals surface area contributed by atoms with Crippen LogP contribution >= 0.6 is 0 Å². The fraction of sp³-hybridized carbons (Fsp3) is 0.273. The van der Waals surface area contributed by atoms with Gasteiger partial charge in [0.05, 0.1) is 17.6 Å². The van der Waals surface area contributed by atoms with Crippen LogP contribution in [0.15, 0.2) is 18.3 Å². The summed E-state index contributed by atoms with van der Waals surface area (Å²) in [6.07, 6.45) is 1.67. The molecule has 2 aromatic heterocycles. The molecule has 0 saturated heterocycles. The Bertz CT molecular complexity index is 499. The van der Waals surface area contributed by atoms with E-state index in [-0.39, 0.29) is 0 Å². The maximum absolute atomic E-state index is 5.72. The number of pyridine rings is 1. The third-order valence-corrected chi connectivity index (χ3v) is 2.36. The van der Waals surface area contributed by atoms with Crippen molar-refractivity contribution in [2.45, 2.75) is 20.8 Å². The summed E-state index contributed by atoms with van der Waals surface area (Å²) in [5.41, 5.74) is 9.51. The van der Waals surface area contributed by atoms with Gasteiger partial charge in [0.2, 0.25) is 0 Å². The molecule has 0 fully saturated rings. The van der Waals surface area contributed by atoms with Gasteiger partial charge in [0, 0.05) is 5.69 Å². The quantitative estimate of drug-likeness (QED) is 0.766. The molecular formula is C11H14N4. The van der Waals surface area contributed by atoms with Crippen LogP contribution in [0, 0.1) is 20.8 Å². The molecule has 4 heteroatoms. The van der Waals surface area contributed by atoms with Gasteiger partial charge in [-0.05, 0) is 38.5 Å². The van der Waals surface area contributed by atoms with Gasteiger partial charge in [-0.15, -0.1) is 0 Å². The molecule has 0 unspecified atom stereocenters. The molecule has 0 aliphatic carbocycles. The molecule has 2 heterocycles. The zero-order valence-electron chi connectivity index (χ0n) is 9.15. The molecule has 2 rings (SSSR count). The van der Waals surface area contributed by atoms with Gasteiger partial charge in [0.25, 0.3) is 0 Å². The molecule has 0 bridgehead atoms. The molecule has 2 N–H and O–H groups in total. The summed E-state index contributed by atoms with van der Waals surface area (Å²) in [6, 6.07) is 3.96. The molecule has 78 valence electrons. The van der Waals surface area contributed by atoms with Gasteiger partial charge in [0.15, 0.2) is 5.82 Å². The van der Waals surface area contributed by atoms with Gasteiger partial charge in [-0.1, -0.05) is 0 Å². The van der Waals surface area contributed by atoms with E-state index in [2.05, 4.69) is 10.1 Å². The Balaban J connectivity index is 2.54. The van der Waals surface area contributed by atoms with Crippen LogP contribution in [0.25, 0.3) is 5.82 Å². The van der Waals surface area contributed by atoms with Gasteiger partial charge in [-0.2, -0.15) is 5.10 Å². The summed E-state index contributed by atoms with van der Waals surface area (Å²) < 4.78 is 1.82. The predicted octanol–water partition coefficient (Wildman–Crippen LogP) is 1.77. The molecule has 0 saturated carbocycles. The molecule has 0 radical (unpaired) electrons. The number of anilines is 1. The standard InChI is InChI=1S/C11H14N4/c1-7-4-11(13-6-10(7)12)15-9(3)5-8(2)14-15/h4-6H,12H2,1-3H3. The number of aromatic nitrogens is 3. The highest BCUT2D eigenvalue weighted by Crippen LogP contribution is 2.14. The number of aryl methyl sites for hydroxylation is 3. The van der Waals surface area contributed by atoms with Crippen LogP contribution in [0.2, 0.25) is 0 Å². The molecular weight excluding hydrogens is 188 g/mol. The van der Waals surface area contributed by atoms with Crippen LogP contribution < -0.4 is 5.73 Å². The lowest BCUT2D eigenvalue weighted by Gasteiger charge is -2.05. The fourth-order valence-electron chi connectivity index (χ4n) is 1.53. The summed E-state index contributed by atoms with van der Waals surface area (Å²) in [5.74, 6) is 0.812. The van der Waals surface area contributed by atoms with Crippen molar-refractivity contribution in [1.82, 2.24) is 14.8 Å². The van der Waals surface area contributed by atoms with Gasteiger partial charge in [0.1, 0.15) is 0 Å². The zero-order chi connectivity index (χ0) is 11.0. The van der Waals surface area contributed by atoms with E-state index in [1.165, 1.54) is 0 Å². The van der Waals surface area contributed by atoms with Crippen molar-refractivity contribution in [1.29, 1.82) is 0 Å². The van der Waals surface area contributed by atoms with Gasteiger partial charge in [-0.3, -0.25) is 0 Å². The molecule has 4 nitrogen and oxygen atoms in total. The van der Waals surface area contributed by atoms with E-state index >= 15 is 0 Å². The lowest BCUT2D eigenvalue weighted by atomic mass is 10.2. The highest BCUT2D eigenvalue weighted by molar-refractivity contribution is 5.47. The Morgan fingerprint density at radius 2 is 1.93 bits per heavy atom. The highest BCUT2D eigenvalue weighted by Gasteiger charge is 2.05. The smallest absolute Gasteiger partial charge is 0.153 e. The van der Waals surface area contributed by atoms with Crippen molar-refractivity contribution in [3.8, 4) is 5.82 Å². The normalized spacial score (nSPS) is 10.6. The number of hydrogen-bond donors (Lipinski definition) is 1. The summed E-state index contributed by atoms with van der Waals surface area (Å²) in [5, 5.41) is 4.36. The van der Waals surface area contributed by atoms with Crippen molar-refractivity contribution in [3.05, 3.63) is 35.3 Å². The second kappa shape index (κ2) is 3.38. The van der Waals surface area contributed by atoms with Crippen LogP contribution in [-0.2, 0) is 0 Å². The summed E-state index contributed by atoms with van der Waals surface area (Å²) in [6.45, 7) is 5.94. The first-order chi connectivity index (χ1) is 7.08. The Hall–Kier alpha value is -1.84. The lowest BCUT2D eigenvalue weighted by Crippen LogP contribution is -2.03. The number of rotatable bonds is 1. The maximum atomic E-state index is 5.72. The number of nitrogens with two attached hydrogens (primary N) is 1. The molecule has 0 spiro atoms. The van der Waals surface area contributed by atoms with Crippen molar-refractivity contribution in [2.24, 2.45) is 0 Å². The first-order valence-electron chi connectivity index (χ1n) is 4.83. The lowest BCUT2D eigenvalue weighted by molar-refractivity contribution is 0.805. The maximum Gasteiger partial charge on any atom is 0.153 e. The first kappa shape index (κ1) is 9.71. The average molecular weight is 202 g/mol. The van der Waals surface area contributed by atoms with E-state index in [9.17, 15) is 0 Å². The second-order valence-electron chi connectivity index (χ2n) is 3.74. The monoisotopic (exact) mass is 202 g/mol. The third-order valence-electron chi connectivity index (χ3n) is 2.36. The molecule has 0 aromatic carbocycles. The van der Waals surface area contributed by atoms with Gasteiger partial charge >= 0.3 is 0 Å². The second-order valence-corrected chi connectivity index (χ2v) is 3.74. The molecule has 0 aliphatic rings. The Kier molecular flexibility index (Phi) is 2.19. The van der Waals surface area contributed by atoms with Crippen molar-refractivity contribution < 1.29 is 0 Å². The van der Waals surface area contributed by atoms with E-state index in [0.717, 1.165) is 22.8 Å². The minimum absolute atomic E-state index is 0.709. The summed E-state index contributed by atoms with van der Waals surface area (Å²) >= 11 is 0. The highest BCUT2D eigenvalue weighted by atomic mass is 15.3. The summed E-state index contributed by atoms with van der Waals surface area (Å²) in [4.78, 5) is 4.26. The van der Waals surface area contributed by atoms with E-state index < -0.39 is 0 Å². The van der Waals surface area contributed by atoms with Crippen LogP contribution in [0.1, 0.15) is 17.0 Å². The first-order valence-corrected chi connectivity index (χ1v) is 4.83. The Morgan fingerprint density at radius 3 is 2.47 bits per heavy atom. The Labute approximate surface area is 88.8 Å². The third kappa shape index (κ3) is 1.70. The molecule has 0 atom stereocenters. The van der Waals surface area contributed by atoms with Crippen molar-refractivity contribution in [2.75, 3.05) is 5.73 Å². The van der Waals surface area contributed by atoms with Crippen LogP contribution in [0.4, 0.5) is 5.69 Å². The minimum atomic E-state index is 0.709. The van der Waals surface area contributed by atoms with Crippen LogP contribution in [0.5, 0.6) is 0 Å². The molecule has 0 amide bonds. The topological polar surface area (TPSA) is 56.7 Å². The number of nitrogen functional groups attached to an aromatic ring is 1. The average Bonchev–Trinajstić information content (AvgIpc) is 2.50. The largest absolute Gasteiger partial charge is 0.397 e. The van der Waals surface area contributed by atoms with E-state index in [4.69, 9.17) is 5.73 Å². The van der Waals surface area contributed by atoms with Crippen molar-refractivity contribution >= 4 is 5.69 Å². The SMILES string of the molecule is Cc1cc(C)n(-c2cc(C)c(N)cn2)n1. The van der Waals surface area contributed by atoms with Crippen molar-refractivity contribution in [3.63, 3.8) is 0 Å². The van der Waals surface area contributed by atoms with Gasteiger partial charge in [-0.25, -0.2) is 9.67 Å². The number of hydrogen-bond acceptors (Lipinski definition) is 3. The van der Waals surface area contributed by atoms with E-state index in [1.54, 1.807) is 6.20 Å². The van der Waals surface area contributed by atoms with E-state index in [0.29, 0.717) is 5.69 Å². The van der Waals surface area contributed by atoms with Crippen LogP contribution in [0.3, 0.4) is 0 Å². The minimum Gasteiger partial charge on any atom is -0.397 e. The van der Waals surface area contributed by atoms with Crippen LogP contribution in [-0.4, -0.2) is 14.8 Å². The van der Waals surface area contributed by atoms with Gasteiger partial charge < -0.3 is 5.73 Å². The van der Waals surface area contributed by atoms with E-state index in [1.807, 2.05) is 37.6 Å². The molecule has 15 heavy (non-hydrogen) atoms.